The maximum absolute atomic E-state index is 12.5. The van der Waals surface area contributed by atoms with Crippen LogP contribution in [0.3, 0.4) is 0 Å². The summed E-state index contributed by atoms with van der Waals surface area (Å²) in [6.07, 6.45) is 1.73. The molecule has 0 saturated heterocycles. The topological polar surface area (TPSA) is 47.4 Å². The fourth-order valence-electron chi connectivity index (χ4n) is 2.83. The van der Waals surface area contributed by atoms with Gasteiger partial charge in [-0.15, -0.1) is 0 Å². The predicted molar refractivity (Wildman–Crippen MR) is 95.2 cm³/mol. The van der Waals surface area contributed by atoms with Gasteiger partial charge < -0.3 is 4.74 Å². The lowest BCUT2D eigenvalue weighted by molar-refractivity contribution is 0.237. The lowest BCUT2D eigenvalue weighted by atomic mass is 10.1. The largest absolute Gasteiger partial charge is 0.496 e. The van der Waals surface area contributed by atoms with Gasteiger partial charge in [0.25, 0.3) is 5.56 Å². The van der Waals surface area contributed by atoms with Gasteiger partial charge in [0.15, 0.2) is 0 Å². The standard InChI is InChI=1S/C19H21N3O2/c1-14-8-9-18(24-3)16(10-14)12-21(2)13-22-19(23)17-7-5-4-6-15(17)11-20-22/h4-11H,12-13H2,1-3H3. The lowest BCUT2D eigenvalue weighted by Gasteiger charge is -2.19. The molecule has 0 aliphatic carbocycles. The Morgan fingerprint density at radius 2 is 2.00 bits per heavy atom. The third-order valence-electron chi connectivity index (χ3n) is 4.01. The van der Waals surface area contributed by atoms with Crippen molar-refractivity contribution in [2.45, 2.75) is 20.1 Å². The average molecular weight is 323 g/mol. The molecule has 0 aliphatic rings. The monoisotopic (exact) mass is 323 g/mol. The molecule has 124 valence electrons. The van der Waals surface area contributed by atoms with Crippen LogP contribution in [-0.4, -0.2) is 28.8 Å². The third-order valence-corrected chi connectivity index (χ3v) is 4.01. The minimum Gasteiger partial charge on any atom is -0.496 e. The third kappa shape index (κ3) is 3.31. The molecule has 1 heterocycles. The van der Waals surface area contributed by atoms with Crippen LogP contribution in [0, 0.1) is 6.92 Å². The number of rotatable bonds is 5. The molecule has 0 amide bonds. The summed E-state index contributed by atoms with van der Waals surface area (Å²) in [4.78, 5) is 14.6. The van der Waals surface area contributed by atoms with Gasteiger partial charge in [-0.3, -0.25) is 9.69 Å². The van der Waals surface area contributed by atoms with Crippen LogP contribution in [0.25, 0.3) is 10.8 Å². The molecular formula is C19H21N3O2. The summed E-state index contributed by atoms with van der Waals surface area (Å²) in [5.74, 6) is 0.853. The lowest BCUT2D eigenvalue weighted by Crippen LogP contribution is -2.31. The number of fused-ring (bicyclic) bond motifs is 1. The molecule has 0 unspecified atom stereocenters. The first-order chi connectivity index (χ1) is 11.6. The summed E-state index contributed by atoms with van der Waals surface area (Å²) in [5, 5.41) is 5.83. The number of nitrogens with zero attached hydrogens (tertiary/aromatic N) is 3. The number of aromatic nitrogens is 2. The number of aryl methyl sites for hydroxylation is 1. The molecule has 0 bridgehead atoms. The van der Waals surface area contributed by atoms with Crippen LogP contribution in [0.4, 0.5) is 0 Å². The highest BCUT2D eigenvalue weighted by atomic mass is 16.5. The molecule has 0 radical (unpaired) electrons. The Bertz CT molecular complexity index is 918. The van der Waals surface area contributed by atoms with Crippen LogP contribution >= 0.6 is 0 Å². The van der Waals surface area contributed by atoms with E-state index in [4.69, 9.17) is 4.74 Å². The Morgan fingerprint density at radius 1 is 1.21 bits per heavy atom. The number of hydrogen-bond acceptors (Lipinski definition) is 4. The van der Waals surface area contributed by atoms with Crippen molar-refractivity contribution >= 4 is 10.8 Å². The fraction of sp³-hybridized carbons (Fsp3) is 0.263. The molecule has 5 nitrogen and oxygen atoms in total. The molecule has 24 heavy (non-hydrogen) atoms. The normalized spacial score (nSPS) is 11.2. The second-order valence-corrected chi connectivity index (χ2v) is 6.01. The van der Waals surface area contributed by atoms with Crippen molar-refractivity contribution in [1.29, 1.82) is 0 Å². The van der Waals surface area contributed by atoms with Gasteiger partial charge in [-0.05, 0) is 26.1 Å². The molecule has 5 heteroatoms. The first-order valence-corrected chi connectivity index (χ1v) is 7.85. The summed E-state index contributed by atoms with van der Waals surface area (Å²) in [5.41, 5.74) is 2.20. The van der Waals surface area contributed by atoms with Crippen molar-refractivity contribution in [2.75, 3.05) is 14.2 Å². The van der Waals surface area contributed by atoms with Gasteiger partial charge in [0.1, 0.15) is 5.75 Å². The Labute approximate surface area is 141 Å². The van der Waals surface area contributed by atoms with Gasteiger partial charge in [-0.25, -0.2) is 4.68 Å². The van der Waals surface area contributed by atoms with Crippen molar-refractivity contribution in [3.63, 3.8) is 0 Å². The van der Waals surface area contributed by atoms with Gasteiger partial charge in [0, 0.05) is 17.5 Å². The molecular weight excluding hydrogens is 302 g/mol. The maximum atomic E-state index is 12.5. The molecule has 0 N–H and O–H groups in total. The summed E-state index contributed by atoms with van der Waals surface area (Å²) in [6, 6.07) is 13.6. The first-order valence-electron chi connectivity index (χ1n) is 7.85. The first kappa shape index (κ1) is 16.2. The quantitative estimate of drug-likeness (QED) is 0.724. The SMILES string of the molecule is COc1ccc(C)cc1CN(C)Cn1ncc2ccccc2c1=O. The van der Waals surface area contributed by atoms with Crippen LogP contribution in [0.1, 0.15) is 11.1 Å². The molecule has 0 saturated carbocycles. The van der Waals surface area contributed by atoms with Gasteiger partial charge >= 0.3 is 0 Å². The summed E-state index contributed by atoms with van der Waals surface area (Å²) in [7, 11) is 3.63. The predicted octanol–water partition coefficient (Wildman–Crippen LogP) is 2.80. The highest BCUT2D eigenvalue weighted by Gasteiger charge is 2.10. The molecule has 3 rings (SSSR count). The van der Waals surface area contributed by atoms with E-state index < -0.39 is 0 Å². The smallest absolute Gasteiger partial charge is 0.275 e. The van der Waals surface area contributed by atoms with Crippen LogP contribution in [-0.2, 0) is 13.2 Å². The Kier molecular flexibility index (Phi) is 4.62. The molecule has 0 atom stereocenters. The molecule has 0 spiro atoms. The molecule has 2 aromatic carbocycles. The highest BCUT2D eigenvalue weighted by Crippen LogP contribution is 2.21. The van der Waals surface area contributed by atoms with E-state index in [1.807, 2.05) is 48.3 Å². The van der Waals surface area contributed by atoms with Gasteiger partial charge in [-0.1, -0.05) is 35.9 Å². The zero-order chi connectivity index (χ0) is 17.1. The average Bonchev–Trinajstić information content (AvgIpc) is 2.58. The Morgan fingerprint density at radius 3 is 2.79 bits per heavy atom. The summed E-state index contributed by atoms with van der Waals surface area (Å²) < 4.78 is 6.91. The molecule has 0 fully saturated rings. The van der Waals surface area contributed by atoms with E-state index in [0.717, 1.165) is 16.7 Å². The van der Waals surface area contributed by atoms with E-state index in [-0.39, 0.29) is 5.56 Å². The van der Waals surface area contributed by atoms with Crippen LogP contribution in [0.15, 0.2) is 53.5 Å². The summed E-state index contributed by atoms with van der Waals surface area (Å²) >= 11 is 0. The second-order valence-electron chi connectivity index (χ2n) is 6.01. The minimum atomic E-state index is -0.0730. The zero-order valence-corrected chi connectivity index (χ0v) is 14.2. The number of hydrogen-bond donors (Lipinski definition) is 0. The minimum absolute atomic E-state index is 0.0730. The second kappa shape index (κ2) is 6.84. The van der Waals surface area contributed by atoms with Crippen LogP contribution in [0.2, 0.25) is 0 Å². The Balaban J connectivity index is 1.83. The van der Waals surface area contributed by atoms with Crippen LogP contribution in [0.5, 0.6) is 5.75 Å². The van der Waals surface area contributed by atoms with Gasteiger partial charge in [-0.2, -0.15) is 5.10 Å². The van der Waals surface area contributed by atoms with Crippen molar-refractivity contribution < 1.29 is 4.74 Å². The van der Waals surface area contributed by atoms with E-state index in [1.54, 1.807) is 13.3 Å². The van der Waals surface area contributed by atoms with Gasteiger partial charge in [0.05, 0.1) is 25.4 Å². The van der Waals surface area contributed by atoms with Crippen molar-refractivity contribution in [1.82, 2.24) is 14.7 Å². The maximum Gasteiger partial charge on any atom is 0.275 e. The number of benzene rings is 2. The van der Waals surface area contributed by atoms with Crippen molar-refractivity contribution in [2.24, 2.45) is 0 Å². The zero-order valence-electron chi connectivity index (χ0n) is 14.2. The van der Waals surface area contributed by atoms with Gasteiger partial charge in [0.2, 0.25) is 0 Å². The summed E-state index contributed by atoms with van der Waals surface area (Å²) in [6.45, 7) is 3.14. The number of methoxy groups -OCH3 is 1. The van der Waals surface area contributed by atoms with E-state index in [9.17, 15) is 4.79 Å². The molecule has 3 aromatic rings. The van der Waals surface area contributed by atoms with Crippen molar-refractivity contribution in [3.8, 4) is 5.75 Å². The van der Waals surface area contributed by atoms with E-state index >= 15 is 0 Å². The molecule has 1 aromatic heterocycles. The van der Waals surface area contributed by atoms with E-state index in [1.165, 1.54) is 10.2 Å². The highest BCUT2D eigenvalue weighted by molar-refractivity contribution is 5.80. The van der Waals surface area contributed by atoms with Crippen molar-refractivity contribution in [3.05, 3.63) is 70.1 Å². The molecule has 0 aliphatic heterocycles. The number of ether oxygens (including phenoxy) is 1. The van der Waals surface area contributed by atoms with E-state index in [2.05, 4.69) is 18.1 Å². The fourth-order valence-corrected chi connectivity index (χ4v) is 2.83. The van der Waals surface area contributed by atoms with Crippen LogP contribution < -0.4 is 10.3 Å². The van der Waals surface area contributed by atoms with E-state index in [0.29, 0.717) is 18.6 Å². The Hall–Kier alpha value is -2.66.